The quantitative estimate of drug-likeness (QED) is 0.316. The number of nitrogens with one attached hydrogen (secondary N) is 1. The Labute approximate surface area is 194 Å². The summed E-state index contributed by atoms with van der Waals surface area (Å²) in [5, 5.41) is 15.4. The highest BCUT2D eigenvalue weighted by Crippen LogP contribution is 2.45. The minimum Gasteiger partial charge on any atom is -0.465 e. The van der Waals surface area contributed by atoms with Crippen LogP contribution in [0.2, 0.25) is 0 Å². The van der Waals surface area contributed by atoms with Crippen LogP contribution in [-0.2, 0) is 27.1 Å². The molecule has 5 rings (SSSR count). The van der Waals surface area contributed by atoms with Crippen LogP contribution in [0, 0.1) is 18.2 Å². The third-order valence-electron chi connectivity index (χ3n) is 6.26. The number of hydrogen-bond donors (Lipinski definition) is 2. The predicted molar refractivity (Wildman–Crippen MR) is 120 cm³/mol. The Kier molecular flexibility index (Phi) is 5.49. The Morgan fingerprint density at radius 3 is 2.91 bits per heavy atom. The van der Waals surface area contributed by atoms with Crippen molar-refractivity contribution in [1.29, 1.82) is 0 Å². The van der Waals surface area contributed by atoms with Gasteiger partial charge < -0.3 is 24.3 Å². The van der Waals surface area contributed by atoms with E-state index in [0.29, 0.717) is 16.4 Å². The van der Waals surface area contributed by atoms with E-state index in [9.17, 15) is 9.90 Å². The van der Waals surface area contributed by atoms with Crippen molar-refractivity contribution in [3.05, 3.63) is 53.4 Å². The highest BCUT2D eigenvalue weighted by Gasteiger charge is 2.53. The van der Waals surface area contributed by atoms with E-state index < -0.39 is 23.5 Å². The van der Waals surface area contributed by atoms with Crippen molar-refractivity contribution < 1.29 is 28.5 Å². The van der Waals surface area contributed by atoms with Gasteiger partial charge in [-0.05, 0) is 62.9 Å². The highest BCUT2D eigenvalue weighted by molar-refractivity contribution is 5.84. The Morgan fingerprint density at radius 1 is 1.32 bits per heavy atom. The lowest BCUT2D eigenvalue weighted by Crippen LogP contribution is -2.46. The van der Waals surface area contributed by atoms with Crippen molar-refractivity contribution in [2.45, 2.75) is 39.9 Å². The van der Waals surface area contributed by atoms with E-state index in [-0.39, 0.29) is 37.7 Å². The number of nitrogens with zero attached hydrogens (tertiary/aromatic N) is 3. The van der Waals surface area contributed by atoms with Crippen LogP contribution in [0.3, 0.4) is 0 Å². The Hall–Kier alpha value is -3.50. The topological polar surface area (TPSA) is 111 Å². The minimum atomic E-state index is -1.35. The van der Waals surface area contributed by atoms with Gasteiger partial charge in [0.25, 0.3) is 0 Å². The molecule has 4 aromatic rings. The van der Waals surface area contributed by atoms with E-state index in [4.69, 9.17) is 14.2 Å². The molecule has 2 unspecified atom stereocenters. The van der Waals surface area contributed by atoms with Crippen LogP contribution in [0.25, 0.3) is 16.4 Å². The molecule has 0 saturated heterocycles. The number of aromatic amines is 1. The van der Waals surface area contributed by atoms with Crippen LogP contribution in [0.1, 0.15) is 30.7 Å². The summed E-state index contributed by atoms with van der Waals surface area (Å²) in [4.78, 5) is 20.3. The molecule has 0 bridgehead atoms. The Morgan fingerprint density at radius 2 is 2.15 bits per heavy atom. The number of halogens is 1. The number of ether oxygens (including phenoxy) is 3. The Bertz CT molecular complexity index is 1400. The largest absolute Gasteiger partial charge is 0.465 e. The van der Waals surface area contributed by atoms with E-state index in [1.807, 2.05) is 6.92 Å². The van der Waals surface area contributed by atoms with Crippen LogP contribution in [0.4, 0.5) is 4.39 Å². The zero-order valence-corrected chi connectivity index (χ0v) is 19.1. The molecule has 1 aliphatic rings. The zero-order valence-electron chi connectivity index (χ0n) is 19.1. The average Bonchev–Trinajstić information content (AvgIpc) is 3.47. The van der Waals surface area contributed by atoms with Gasteiger partial charge in [0.1, 0.15) is 17.3 Å². The Balaban J connectivity index is 1.57. The normalized spacial score (nSPS) is 18.4. The molecular formula is C24H25FN4O5. The molecule has 178 valence electrons. The summed E-state index contributed by atoms with van der Waals surface area (Å²) in [5.74, 6) is -0.878. The monoisotopic (exact) mass is 468 g/mol. The lowest BCUT2D eigenvalue weighted by atomic mass is 9.83. The molecule has 0 spiro atoms. The molecule has 10 heteroatoms. The van der Waals surface area contributed by atoms with Gasteiger partial charge in [-0.15, -0.1) is 0 Å². The second-order valence-electron chi connectivity index (χ2n) is 8.42. The standard InChI is InChI=1S/C24H25FN4O5/c1-4-32-22(30)24(23(31)33-5-2)9-14-11-29-20(16(14)10-24)21(26-12-27-29)34-18-7-6-17-15(19(18)25)8-13(3)28-17/h6-8,11-12,22,28,30H,4-5,9-10H2,1-3H3. The summed E-state index contributed by atoms with van der Waals surface area (Å²) in [6, 6.07) is 4.99. The number of fused-ring (bicyclic) bond motifs is 4. The van der Waals surface area contributed by atoms with Crippen molar-refractivity contribution in [1.82, 2.24) is 19.6 Å². The number of benzene rings is 1. The van der Waals surface area contributed by atoms with Crippen LogP contribution in [0.5, 0.6) is 11.6 Å². The first-order valence-electron chi connectivity index (χ1n) is 11.1. The SMILES string of the molecule is CCOC(=O)C1(C(O)OCC)Cc2cn3ncnc(Oc4ccc5[nH]c(C)cc5c4F)c3c2C1. The van der Waals surface area contributed by atoms with Crippen LogP contribution in [-0.4, -0.2) is 50.2 Å². The maximum atomic E-state index is 15.2. The maximum Gasteiger partial charge on any atom is 0.317 e. The fourth-order valence-electron chi connectivity index (χ4n) is 4.72. The molecule has 3 heterocycles. The molecule has 34 heavy (non-hydrogen) atoms. The van der Waals surface area contributed by atoms with Gasteiger partial charge >= 0.3 is 5.97 Å². The predicted octanol–water partition coefficient (Wildman–Crippen LogP) is 3.45. The van der Waals surface area contributed by atoms with E-state index in [1.54, 1.807) is 36.7 Å². The van der Waals surface area contributed by atoms with Crippen molar-refractivity contribution in [3.8, 4) is 11.6 Å². The first-order valence-corrected chi connectivity index (χ1v) is 11.1. The number of rotatable bonds is 7. The summed E-state index contributed by atoms with van der Waals surface area (Å²) in [5.41, 5.74) is 2.21. The van der Waals surface area contributed by atoms with Gasteiger partial charge in [-0.2, -0.15) is 10.1 Å². The summed E-state index contributed by atoms with van der Waals surface area (Å²) < 4.78 is 33.4. The van der Waals surface area contributed by atoms with Crippen molar-refractivity contribution in [2.75, 3.05) is 13.2 Å². The van der Waals surface area contributed by atoms with Gasteiger partial charge in [-0.1, -0.05) is 0 Å². The van der Waals surface area contributed by atoms with Crippen LogP contribution in [0.15, 0.2) is 30.7 Å². The van der Waals surface area contributed by atoms with Gasteiger partial charge in [-0.3, -0.25) is 4.79 Å². The first kappa shape index (κ1) is 22.3. The van der Waals surface area contributed by atoms with Crippen LogP contribution < -0.4 is 4.74 Å². The van der Waals surface area contributed by atoms with Crippen molar-refractivity contribution in [3.63, 3.8) is 0 Å². The molecule has 1 aliphatic carbocycles. The molecule has 0 saturated carbocycles. The maximum absolute atomic E-state index is 15.2. The average molecular weight is 468 g/mol. The number of carbonyl (C=O) groups is 1. The molecular weight excluding hydrogens is 443 g/mol. The second-order valence-corrected chi connectivity index (χ2v) is 8.42. The fraction of sp³-hybridized carbons (Fsp3) is 0.375. The third kappa shape index (κ3) is 3.41. The molecule has 9 nitrogen and oxygen atoms in total. The van der Waals surface area contributed by atoms with Gasteiger partial charge in [0.05, 0.1) is 6.61 Å². The summed E-state index contributed by atoms with van der Waals surface area (Å²) in [7, 11) is 0. The number of aromatic nitrogens is 4. The number of H-pyrrole nitrogens is 1. The molecule has 0 amide bonds. The van der Waals surface area contributed by atoms with E-state index >= 15 is 4.39 Å². The van der Waals surface area contributed by atoms with Gasteiger partial charge in [0, 0.05) is 29.4 Å². The number of aliphatic hydroxyl groups is 1. The smallest absolute Gasteiger partial charge is 0.317 e. The lowest BCUT2D eigenvalue weighted by molar-refractivity contribution is -0.199. The van der Waals surface area contributed by atoms with Crippen molar-refractivity contribution >= 4 is 22.4 Å². The van der Waals surface area contributed by atoms with E-state index in [0.717, 1.165) is 16.8 Å². The van der Waals surface area contributed by atoms with Crippen molar-refractivity contribution in [2.24, 2.45) is 5.41 Å². The fourth-order valence-corrected chi connectivity index (χ4v) is 4.72. The van der Waals surface area contributed by atoms with E-state index in [2.05, 4.69) is 15.1 Å². The summed E-state index contributed by atoms with van der Waals surface area (Å²) in [6.45, 7) is 5.72. The molecule has 0 aliphatic heterocycles. The zero-order chi connectivity index (χ0) is 24.0. The lowest BCUT2D eigenvalue weighted by Gasteiger charge is -2.31. The molecule has 3 aromatic heterocycles. The van der Waals surface area contributed by atoms with Gasteiger partial charge in [-0.25, -0.2) is 8.91 Å². The third-order valence-corrected chi connectivity index (χ3v) is 6.26. The van der Waals surface area contributed by atoms with Gasteiger partial charge in [0.2, 0.25) is 5.88 Å². The molecule has 1 aromatic carbocycles. The van der Waals surface area contributed by atoms with Crippen LogP contribution >= 0.6 is 0 Å². The molecule has 2 N–H and O–H groups in total. The number of esters is 1. The minimum absolute atomic E-state index is 0.0195. The second kappa shape index (κ2) is 8.37. The molecule has 0 radical (unpaired) electrons. The number of hydrogen-bond acceptors (Lipinski definition) is 7. The number of aryl methyl sites for hydroxylation is 1. The molecule has 2 atom stereocenters. The number of aliphatic hydroxyl groups excluding tert-OH is 1. The number of carbonyl (C=O) groups excluding carboxylic acids is 1. The highest BCUT2D eigenvalue weighted by atomic mass is 19.1. The van der Waals surface area contributed by atoms with E-state index in [1.165, 1.54) is 12.4 Å². The summed E-state index contributed by atoms with van der Waals surface area (Å²) >= 11 is 0. The molecule has 0 fully saturated rings. The first-order chi connectivity index (χ1) is 16.4. The van der Waals surface area contributed by atoms with Gasteiger partial charge in [0.15, 0.2) is 17.9 Å². The summed E-state index contributed by atoms with van der Waals surface area (Å²) in [6.07, 6.45) is 2.07.